The summed E-state index contributed by atoms with van der Waals surface area (Å²) in [6.07, 6.45) is 8.31. The van der Waals surface area contributed by atoms with Gasteiger partial charge in [-0.1, -0.05) is 0 Å². The Morgan fingerprint density at radius 1 is 1.26 bits per heavy atom. The molecule has 4 heterocycles. The monoisotopic (exact) mass is 310 g/mol. The third-order valence-electron chi connectivity index (χ3n) is 4.68. The standard InChI is InChI=1S/C17H22N6/c1-13-9-17-18-6-3-16(23(17)20-13)15-4-7-22(8-5-15)12-14-10-19-21(2)11-14/h3,6,9-11,15H,4-5,7-8,12H2,1-2H3. The molecular formula is C17H22N6. The van der Waals surface area contributed by atoms with Gasteiger partial charge in [-0.2, -0.15) is 10.2 Å². The Labute approximate surface area is 135 Å². The van der Waals surface area contributed by atoms with Crippen molar-refractivity contribution >= 4 is 5.65 Å². The normalized spacial score (nSPS) is 17.1. The van der Waals surface area contributed by atoms with Crippen molar-refractivity contribution in [2.75, 3.05) is 13.1 Å². The second-order valence-electron chi connectivity index (χ2n) is 6.50. The maximum absolute atomic E-state index is 4.61. The lowest BCUT2D eigenvalue weighted by molar-refractivity contribution is 0.202. The number of piperidine rings is 1. The van der Waals surface area contributed by atoms with Crippen molar-refractivity contribution in [1.29, 1.82) is 0 Å². The summed E-state index contributed by atoms with van der Waals surface area (Å²) in [6, 6.07) is 4.17. The summed E-state index contributed by atoms with van der Waals surface area (Å²) in [7, 11) is 1.97. The Morgan fingerprint density at radius 2 is 2.09 bits per heavy atom. The minimum atomic E-state index is 0.560. The van der Waals surface area contributed by atoms with Crippen LogP contribution < -0.4 is 0 Å². The second kappa shape index (κ2) is 5.77. The third kappa shape index (κ3) is 2.86. The van der Waals surface area contributed by atoms with Crippen LogP contribution in [0.4, 0.5) is 0 Å². The maximum atomic E-state index is 4.61. The van der Waals surface area contributed by atoms with Crippen molar-refractivity contribution in [3.8, 4) is 0 Å². The van der Waals surface area contributed by atoms with Gasteiger partial charge in [-0.3, -0.25) is 9.58 Å². The first-order chi connectivity index (χ1) is 11.2. The van der Waals surface area contributed by atoms with E-state index in [4.69, 9.17) is 0 Å². The quantitative estimate of drug-likeness (QED) is 0.744. The van der Waals surface area contributed by atoms with Crippen molar-refractivity contribution < 1.29 is 0 Å². The Hall–Kier alpha value is -2.21. The number of hydrogen-bond donors (Lipinski definition) is 0. The van der Waals surface area contributed by atoms with Gasteiger partial charge in [0.1, 0.15) is 0 Å². The van der Waals surface area contributed by atoms with Crippen LogP contribution in [0.5, 0.6) is 0 Å². The number of fused-ring (bicyclic) bond motifs is 1. The lowest BCUT2D eigenvalue weighted by Crippen LogP contribution is -2.33. The molecule has 6 heteroatoms. The first-order valence-electron chi connectivity index (χ1n) is 8.20. The SMILES string of the molecule is Cc1cc2nccc(C3CCN(Cc4cnn(C)c4)CC3)n2n1. The van der Waals surface area contributed by atoms with E-state index < -0.39 is 0 Å². The topological polar surface area (TPSA) is 51.2 Å². The van der Waals surface area contributed by atoms with Gasteiger partial charge in [-0.25, -0.2) is 9.50 Å². The van der Waals surface area contributed by atoms with Crippen LogP contribution in [0.25, 0.3) is 5.65 Å². The largest absolute Gasteiger partial charge is 0.299 e. The zero-order valence-corrected chi connectivity index (χ0v) is 13.7. The number of aryl methyl sites for hydroxylation is 2. The van der Waals surface area contributed by atoms with Crippen molar-refractivity contribution in [2.45, 2.75) is 32.2 Å². The molecule has 1 aliphatic heterocycles. The van der Waals surface area contributed by atoms with E-state index in [2.05, 4.69) is 32.3 Å². The Kier molecular flexibility index (Phi) is 3.61. The van der Waals surface area contributed by atoms with E-state index in [1.165, 1.54) is 11.3 Å². The van der Waals surface area contributed by atoms with Crippen molar-refractivity contribution in [3.05, 3.63) is 47.7 Å². The van der Waals surface area contributed by atoms with E-state index in [0.717, 1.165) is 43.8 Å². The molecule has 1 fully saturated rings. The molecule has 0 atom stereocenters. The fourth-order valence-electron chi connectivity index (χ4n) is 3.54. The fourth-order valence-corrected chi connectivity index (χ4v) is 3.54. The molecule has 0 radical (unpaired) electrons. The van der Waals surface area contributed by atoms with Gasteiger partial charge in [0.15, 0.2) is 5.65 Å². The highest BCUT2D eigenvalue weighted by molar-refractivity contribution is 5.40. The van der Waals surface area contributed by atoms with Gasteiger partial charge >= 0.3 is 0 Å². The molecule has 3 aromatic rings. The van der Waals surface area contributed by atoms with Crippen LogP contribution >= 0.6 is 0 Å². The van der Waals surface area contributed by atoms with Gasteiger partial charge in [-0.05, 0) is 38.9 Å². The van der Waals surface area contributed by atoms with Crippen molar-refractivity contribution in [3.63, 3.8) is 0 Å². The van der Waals surface area contributed by atoms with Gasteiger partial charge < -0.3 is 0 Å². The lowest BCUT2D eigenvalue weighted by Gasteiger charge is -2.31. The van der Waals surface area contributed by atoms with E-state index in [1.54, 1.807) is 0 Å². The molecule has 0 N–H and O–H groups in total. The minimum Gasteiger partial charge on any atom is -0.299 e. The molecule has 0 aromatic carbocycles. The summed E-state index contributed by atoms with van der Waals surface area (Å²) in [5.74, 6) is 0.560. The second-order valence-corrected chi connectivity index (χ2v) is 6.50. The molecule has 0 aliphatic carbocycles. The van der Waals surface area contributed by atoms with E-state index >= 15 is 0 Å². The Bertz CT molecular complexity index is 809. The van der Waals surface area contributed by atoms with Crippen molar-refractivity contribution in [2.24, 2.45) is 7.05 Å². The maximum Gasteiger partial charge on any atom is 0.155 e. The van der Waals surface area contributed by atoms with Gasteiger partial charge in [0, 0.05) is 49.2 Å². The molecule has 4 rings (SSSR count). The number of likely N-dealkylation sites (tertiary alicyclic amines) is 1. The highest BCUT2D eigenvalue weighted by Crippen LogP contribution is 2.28. The molecular weight excluding hydrogens is 288 g/mol. The van der Waals surface area contributed by atoms with Gasteiger partial charge in [-0.15, -0.1) is 0 Å². The van der Waals surface area contributed by atoms with Crippen molar-refractivity contribution in [1.82, 2.24) is 29.3 Å². The van der Waals surface area contributed by atoms with Crippen LogP contribution in [0.3, 0.4) is 0 Å². The summed E-state index contributed by atoms with van der Waals surface area (Å²) in [5, 5.41) is 8.86. The summed E-state index contributed by atoms with van der Waals surface area (Å²) < 4.78 is 3.90. The first kappa shape index (κ1) is 14.4. The molecule has 0 bridgehead atoms. The average Bonchev–Trinajstić information content (AvgIpc) is 3.12. The predicted molar refractivity (Wildman–Crippen MR) is 88.2 cm³/mol. The van der Waals surface area contributed by atoms with Crippen LogP contribution in [0, 0.1) is 6.92 Å². The molecule has 120 valence electrons. The van der Waals surface area contributed by atoms with Crippen LogP contribution in [0.1, 0.15) is 35.7 Å². The van der Waals surface area contributed by atoms with E-state index in [9.17, 15) is 0 Å². The Morgan fingerprint density at radius 3 is 2.83 bits per heavy atom. The summed E-state index contributed by atoms with van der Waals surface area (Å²) >= 11 is 0. The van der Waals surface area contributed by atoms with E-state index in [-0.39, 0.29) is 0 Å². The molecule has 23 heavy (non-hydrogen) atoms. The summed E-state index contributed by atoms with van der Waals surface area (Å²) in [5.41, 5.74) is 4.57. The molecule has 0 spiro atoms. The predicted octanol–water partition coefficient (Wildman–Crippen LogP) is 2.15. The number of hydrogen-bond acceptors (Lipinski definition) is 4. The average molecular weight is 310 g/mol. The fraction of sp³-hybridized carbons (Fsp3) is 0.471. The van der Waals surface area contributed by atoms with E-state index in [0.29, 0.717) is 5.92 Å². The summed E-state index contributed by atoms with van der Waals surface area (Å²) in [6.45, 7) is 5.25. The zero-order chi connectivity index (χ0) is 15.8. The summed E-state index contributed by atoms with van der Waals surface area (Å²) in [4.78, 5) is 6.93. The van der Waals surface area contributed by atoms with Gasteiger partial charge in [0.2, 0.25) is 0 Å². The lowest BCUT2D eigenvalue weighted by atomic mass is 9.93. The molecule has 1 aliphatic rings. The Balaban J connectivity index is 1.46. The van der Waals surface area contributed by atoms with Crippen LogP contribution in [-0.4, -0.2) is 42.4 Å². The number of aromatic nitrogens is 5. The first-order valence-corrected chi connectivity index (χ1v) is 8.20. The minimum absolute atomic E-state index is 0.560. The molecule has 1 saturated heterocycles. The number of rotatable bonds is 3. The smallest absolute Gasteiger partial charge is 0.155 e. The highest BCUT2D eigenvalue weighted by atomic mass is 15.3. The zero-order valence-electron chi connectivity index (χ0n) is 13.7. The van der Waals surface area contributed by atoms with Crippen LogP contribution in [0.15, 0.2) is 30.7 Å². The van der Waals surface area contributed by atoms with Gasteiger partial charge in [0.25, 0.3) is 0 Å². The van der Waals surface area contributed by atoms with Gasteiger partial charge in [0.05, 0.1) is 11.9 Å². The van der Waals surface area contributed by atoms with Crippen LogP contribution in [0.2, 0.25) is 0 Å². The molecule has 0 amide bonds. The van der Waals surface area contributed by atoms with Crippen LogP contribution in [-0.2, 0) is 13.6 Å². The van der Waals surface area contributed by atoms with E-state index in [1.807, 2.05) is 41.6 Å². The molecule has 6 nitrogen and oxygen atoms in total. The third-order valence-corrected chi connectivity index (χ3v) is 4.68. The number of nitrogens with zero attached hydrogens (tertiary/aromatic N) is 6. The highest BCUT2D eigenvalue weighted by Gasteiger charge is 2.23. The molecule has 3 aromatic heterocycles. The molecule has 0 saturated carbocycles. The molecule has 0 unspecified atom stereocenters.